The highest BCUT2D eigenvalue weighted by molar-refractivity contribution is 6.50. The fourth-order valence-electron chi connectivity index (χ4n) is 1.20. The van der Waals surface area contributed by atoms with E-state index < -0.39 is 4.33 Å². The summed E-state index contributed by atoms with van der Waals surface area (Å²) in [6.07, 6.45) is 0.816. The predicted molar refractivity (Wildman–Crippen MR) is 46.0 cm³/mol. The molecule has 1 aliphatic carbocycles. The van der Waals surface area contributed by atoms with Crippen LogP contribution < -0.4 is 5.32 Å². The molecule has 1 aliphatic rings. The number of halogens is 3. The van der Waals surface area contributed by atoms with Crippen LogP contribution in [0, 0.1) is 5.92 Å². The van der Waals surface area contributed by atoms with Gasteiger partial charge in [-0.15, -0.1) is 23.2 Å². The van der Waals surface area contributed by atoms with Crippen molar-refractivity contribution < 1.29 is 4.39 Å². The summed E-state index contributed by atoms with van der Waals surface area (Å²) >= 11 is 11.6. The van der Waals surface area contributed by atoms with Crippen LogP contribution in [0.2, 0.25) is 0 Å². The van der Waals surface area contributed by atoms with Gasteiger partial charge in [-0.1, -0.05) is 0 Å². The van der Waals surface area contributed by atoms with Crippen molar-refractivity contribution in [2.75, 3.05) is 13.2 Å². The molecule has 0 heterocycles. The van der Waals surface area contributed by atoms with E-state index in [0.717, 1.165) is 6.42 Å². The molecule has 0 amide bonds. The van der Waals surface area contributed by atoms with Crippen LogP contribution in [0.3, 0.4) is 0 Å². The molecule has 2 unspecified atom stereocenters. The minimum atomic E-state index is -0.553. The van der Waals surface area contributed by atoms with Crippen LogP contribution in [-0.4, -0.2) is 23.6 Å². The molecule has 4 heteroatoms. The quantitative estimate of drug-likeness (QED) is 0.685. The third-order valence-corrected chi connectivity index (χ3v) is 2.91. The lowest BCUT2D eigenvalue weighted by Crippen LogP contribution is -2.31. The Morgan fingerprint density at radius 1 is 1.73 bits per heavy atom. The standard InChI is InChI=1S/C7H12Cl2FN/c1-5(11-3-2-10)6-4-7(6,8)9/h5-6,11H,2-4H2,1H3. The Balaban J connectivity index is 2.17. The Hall–Kier alpha value is 0.470. The molecule has 0 aromatic carbocycles. The van der Waals surface area contributed by atoms with Crippen molar-refractivity contribution in [3.05, 3.63) is 0 Å². The molecular formula is C7H12Cl2FN. The Bertz CT molecular complexity index is 140. The van der Waals surface area contributed by atoms with E-state index in [9.17, 15) is 4.39 Å². The van der Waals surface area contributed by atoms with Gasteiger partial charge >= 0.3 is 0 Å². The van der Waals surface area contributed by atoms with Crippen molar-refractivity contribution in [3.8, 4) is 0 Å². The second-order valence-corrected chi connectivity index (χ2v) is 4.55. The maximum atomic E-state index is 11.7. The zero-order valence-corrected chi connectivity index (χ0v) is 7.92. The second-order valence-electron chi connectivity index (χ2n) is 3.00. The summed E-state index contributed by atoms with van der Waals surface area (Å²) in [5.74, 6) is 0.289. The Morgan fingerprint density at radius 3 is 2.64 bits per heavy atom. The third kappa shape index (κ3) is 2.46. The molecule has 2 atom stereocenters. The van der Waals surface area contributed by atoms with Gasteiger partial charge in [-0.05, 0) is 13.3 Å². The van der Waals surface area contributed by atoms with Crippen molar-refractivity contribution in [1.29, 1.82) is 0 Å². The fourth-order valence-corrected chi connectivity index (χ4v) is 1.91. The number of hydrogen-bond acceptors (Lipinski definition) is 1. The molecular weight excluding hydrogens is 188 g/mol. The molecule has 1 rings (SSSR count). The number of nitrogens with one attached hydrogen (secondary N) is 1. The van der Waals surface area contributed by atoms with Gasteiger partial charge in [-0.25, -0.2) is 4.39 Å². The van der Waals surface area contributed by atoms with E-state index in [2.05, 4.69) is 5.32 Å². The SMILES string of the molecule is CC(NCCF)C1CC1(Cl)Cl. The Kier molecular flexibility index (Phi) is 3.01. The molecule has 66 valence electrons. The van der Waals surface area contributed by atoms with Crippen LogP contribution >= 0.6 is 23.2 Å². The van der Waals surface area contributed by atoms with Crippen molar-refractivity contribution in [2.45, 2.75) is 23.7 Å². The van der Waals surface area contributed by atoms with Gasteiger partial charge < -0.3 is 5.32 Å². The van der Waals surface area contributed by atoms with E-state index in [1.807, 2.05) is 6.92 Å². The minimum Gasteiger partial charge on any atom is -0.311 e. The van der Waals surface area contributed by atoms with E-state index in [1.165, 1.54) is 0 Å². The van der Waals surface area contributed by atoms with Crippen LogP contribution in [0.1, 0.15) is 13.3 Å². The van der Waals surface area contributed by atoms with E-state index >= 15 is 0 Å². The van der Waals surface area contributed by atoms with Gasteiger partial charge in [-0.3, -0.25) is 0 Å². The summed E-state index contributed by atoms with van der Waals surface area (Å²) in [5.41, 5.74) is 0. The Labute approximate surface area is 76.2 Å². The van der Waals surface area contributed by atoms with Gasteiger partial charge in [-0.2, -0.15) is 0 Å². The maximum absolute atomic E-state index is 11.7. The average molecular weight is 200 g/mol. The summed E-state index contributed by atoms with van der Waals surface area (Å²) in [6.45, 7) is 2.03. The smallest absolute Gasteiger partial charge is 0.123 e. The first-order valence-corrected chi connectivity index (χ1v) is 4.50. The van der Waals surface area contributed by atoms with Gasteiger partial charge in [0.1, 0.15) is 11.0 Å². The average Bonchev–Trinajstić information content (AvgIpc) is 2.55. The summed E-state index contributed by atoms with van der Waals surface area (Å²) in [7, 11) is 0. The highest BCUT2D eigenvalue weighted by Crippen LogP contribution is 2.54. The first kappa shape index (κ1) is 9.56. The van der Waals surface area contributed by atoms with Crippen molar-refractivity contribution in [1.82, 2.24) is 5.32 Å². The van der Waals surface area contributed by atoms with Crippen LogP contribution in [0.25, 0.3) is 0 Å². The molecule has 0 saturated heterocycles. The van der Waals surface area contributed by atoms with Gasteiger partial charge in [0.2, 0.25) is 0 Å². The van der Waals surface area contributed by atoms with E-state index in [0.29, 0.717) is 6.54 Å². The van der Waals surface area contributed by atoms with E-state index in [4.69, 9.17) is 23.2 Å². The second kappa shape index (κ2) is 3.46. The molecule has 1 nitrogen and oxygen atoms in total. The highest BCUT2D eigenvalue weighted by atomic mass is 35.5. The van der Waals surface area contributed by atoms with E-state index in [1.54, 1.807) is 0 Å². The van der Waals surface area contributed by atoms with Gasteiger partial charge in [0.05, 0.1) is 0 Å². The minimum absolute atomic E-state index is 0.223. The van der Waals surface area contributed by atoms with Crippen LogP contribution in [0.15, 0.2) is 0 Å². The summed E-state index contributed by atoms with van der Waals surface area (Å²) in [6, 6.07) is 0.223. The third-order valence-electron chi connectivity index (χ3n) is 2.04. The molecule has 0 spiro atoms. The lowest BCUT2D eigenvalue weighted by atomic mass is 10.2. The Morgan fingerprint density at radius 2 is 2.27 bits per heavy atom. The van der Waals surface area contributed by atoms with Gasteiger partial charge in [0.15, 0.2) is 0 Å². The van der Waals surface area contributed by atoms with Crippen LogP contribution in [-0.2, 0) is 0 Å². The number of hydrogen-bond donors (Lipinski definition) is 1. The molecule has 0 aromatic rings. The molecule has 1 saturated carbocycles. The van der Waals surface area contributed by atoms with Gasteiger partial charge in [0, 0.05) is 18.5 Å². The summed E-state index contributed by atoms with van der Waals surface area (Å²) in [4.78, 5) is 0. The highest BCUT2D eigenvalue weighted by Gasteiger charge is 2.54. The lowest BCUT2D eigenvalue weighted by molar-refractivity contribution is 0.421. The first-order chi connectivity index (χ1) is 5.08. The van der Waals surface area contributed by atoms with Gasteiger partial charge in [0.25, 0.3) is 0 Å². The van der Waals surface area contributed by atoms with Crippen molar-refractivity contribution >= 4 is 23.2 Å². The number of rotatable bonds is 4. The predicted octanol–water partition coefficient (Wildman–Crippen LogP) is 2.13. The topological polar surface area (TPSA) is 12.0 Å². The molecule has 0 radical (unpaired) electrons. The van der Waals surface area contributed by atoms with Crippen LogP contribution in [0.4, 0.5) is 4.39 Å². The van der Waals surface area contributed by atoms with E-state index in [-0.39, 0.29) is 18.6 Å². The lowest BCUT2D eigenvalue weighted by Gasteiger charge is -2.11. The normalized spacial score (nSPS) is 30.0. The maximum Gasteiger partial charge on any atom is 0.123 e. The molecule has 0 aromatic heterocycles. The van der Waals surface area contributed by atoms with Crippen molar-refractivity contribution in [3.63, 3.8) is 0 Å². The van der Waals surface area contributed by atoms with Crippen molar-refractivity contribution in [2.24, 2.45) is 5.92 Å². The first-order valence-electron chi connectivity index (χ1n) is 3.75. The zero-order valence-electron chi connectivity index (χ0n) is 6.41. The monoisotopic (exact) mass is 199 g/mol. The van der Waals surface area contributed by atoms with Crippen LogP contribution in [0.5, 0.6) is 0 Å². The number of alkyl halides is 3. The molecule has 0 bridgehead atoms. The zero-order chi connectivity index (χ0) is 8.48. The molecule has 1 N–H and O–H groups in total. The molecule has 1 fully saturated rings. The fraction of sp³-hybridized carbons (Fsp3) is 1.00. The molecule has 0 aliphatic heterocycles. The molecule has 11 heavy (non-hydrogen) atoms. The largest absolute Gasteiger partial charge is 0.311 e. The summed E-state index contributed by atoms with van der Waals surface area (Å²) < 4.78 is 11.1. The summed E-state index contributed by atoms with van der Waals surface area (Å²) in [5, 5.41) is 3.01.